The minimum absolute atomic E-state index is 0.234. The molecule has 4 nitrogen and oxygen atoms in total. The summed E-state index contributed by atoms with van der Waals surface area (Å²) in [5.41, 5.74) is 0. The molecule has 1 N–H and O–H groups in total. The van der Waals surface area contributed by atoms with Gasteiger partial charge in [0.05, 0.1) is 6.61 Å². The van der Waals surface area contributed by atoms with Crippen molar-refractivity contribution in [2.45, 2.75) is 25.8 Å². The van der Waals surface area contributed by atoms with Gasteiger partial charge < -0.3 is 10.1 Å². The fourth-order valence-electron chi connectivity index (χ4n) is 2.77. The predicted molar refractivity (Wildman–Crippen MR) is 66.7 cm³/mol. The smallest absolute Gasteiger partial charge is 0.330 e. The zero-order valence-electron chi connectivity index (χ0n) is 10.5. The van der Waals surface area contributed by atoms with Crippen LogP contribution in [0.4, 0.5) is 0 Å². The van der Waals surface area contributed by atoms with Crippen molar-refractivity contribution < 1.29 is 9.53 Å². The summed E-state index contributed by atoms with van der Waals surface area (Å²) in [6, 6.07) is 0.666. The Morgan fingerprint density at radius 3 is 3.18 bits per heavy atom. The molecule has 2 aliphatic rings. The van der Waals surface area contributed by atoms with Gasteiger partial charge in [-0.3, -0.25) is 4.90 Å². The van der Waals surface area contributed by atoms with Crippen LogP contribution in [-0.2, 0) is 9.53 Å². The van der Waals surface area contributed by atoms with E-state index >= 15 is 0 Å². The normalized spacial score (nSPS) is 29.5. The van der Waals surface area contributed by atoms with Gasteiger partial charge in [-0.2, -0.15) is 0 Å². The van der Waals surface area contributed by atoms with Gasteiger partial charge in [0.1, 0.15) is 0 Å². The van der Waals surface area contributed by atoms with E-state index in [0.717, 1.165) is 32.1 Å². The Labute approximate surface area is 103 Å². The molecule has 0 aromatic heterocycles. The Morgan fingerprint density at radius 1 is 1.53 bits per heavy atom. The summed E-state index contributed by atoms with van der Waals surface area (Å²) in [6.07, 6.45) is 6.09. The molecule has 0 aromatic carbocycles. The van der Waals surface area contributed by atoms with Gasteiger partial charge in [-0.25, -0.2) is 4.79 Å². The van der Waals surface area contributed by atoms with Crippen molar-refractivity contribution in [3.8, 4) is 0 Å². The summed E-state index contributed by atoms with van der Waals surface area (Å²) in [4.78, 5) is 13.5. The van der Waals surface area contributed by atoms with E-state index in [1.54, 1.807) is 6.08 Å². The second-order valence-electron chi connectivity index (χ2n) is 4.84. The van der Waals surface area contributed by atoms with Crippen LogP contribution in [-0.4, -0.2) is 49.7 Å². The van der Waals surface area contributed by atoms with Gasteiger partial charge in [-0.05, 0) is 32.2 Å². The third-order valence-corrected chi connectivity index (χ3v) is 3.58. The lowest BCUT2D eigenvalue weighted by Gasteiger charge is -2.24. The average Bonchev–Trinajstić information content (AvgIpc) is 2.71. The van der Waals surface area contributed by atoms with Gasteiger partial charge in [0.25, 0.3) is 0 Å². The first-order valence-corrected chi connectivity index (χ1v) is 6.58. The van der Waals surface area contributed by atoms with E-state index in [1.165, 1.54) is 12.8 Å². The number of rotatable bonds is 4. The van der Waals surface area contributed by atoms with Crippen LogP contribution < -0.4 is 5.32 Å². The molecule has 2 unspecified atom stereocenters. The Hall–Kier alpha value is -0.870. The Kier molecular flexibility index (Phi) is 4.57. The zero-order valence-corrected chi connectivity index (χ0v) is 10.5. The summed E-state index contributed by atoms with van der Waals surface area (Å²) in [6.45, 7) is 6.55. The van der Waals surface area contributed by atoms with E-state index in [4.69, 9.17) is 4.74 Å². The van der Waals surface area contributed by atoms with Crippen LogP contribution in [0.25, 0.3) is 0 Å². The summed E-state index contributed by atoms with van der Waals surface area (Å²) >= 11 is 0. The van der Waals surface area contributed by atoms with Crippen molar-refractivity contribution in [3.05, 3.63) is 12.2 Å². The first-order chi connectivity index (χ1) is 8.29. The monoisotopic (exact) mass is 238 g/mol. The predicted octanol–water partition coefficient (Wildman–Crippen LogP) is 0.790. The summed E-state index contributed by atoms with van der Waals surface area (Å²) in [5.74, 6) is 0.571. The molecule has 17 heavy (non-hydrogen) atoms. The lowest BCUT2D eigenvalue weighted by molar-refractivity contribution is -0.137. The highest BCUT2D eigenvalue weighted by Gasteiger charge is 2.33. The lowest BCUT2D eigenvalue weighted by atomic mass is 9.94. The largest absolute Gasteiger partial charge is 0.463 e. The van der Waals surface area contributed by atoms with Crippen LogP contribution in [0.2, 0.25) is 0 Å². The van der Waals surface area contributed by atoms with Crippen LogP contribution in [0.15, 0.2) is 12.2 Å². The van der Waals surface area contributed by atoms with Crippen molar-refractivity contribution in [1.29, 1.82) is 0 Å². The molecule has 0 aromatic rings. The second kappa shape index (κ2) is 6.17. The van der Waals surface area contributed by atoms with E-state index in [9.17, 15) is 4.79 Å². The first-order valence-electron chi connectivity index (χ1n) is 6.58. The van der Waals surface area contributed by atoms with Crippen LogP contribution in [0.3, 0.4) is 0 Å². The fourth-order valence-corrected chi connectivity index (χ4v) is 2.77. The maximum absolute atomic E-state index is 11.1. The molecule has 96 valence electrons. The van der Waals surface area contributed by atoms with E-state index in [0.29, 0.717) is 12.6 Å². The molecular weight excluding hydrogens is 216 g/mol. The number of piperidine rings is 1. The van der Waals surface area contributed by atoms with Crippen LogP contribution in [0, 0.1) is 5.92 Å². The molecule has 2 saturated heterocycles. The molecule has 0 bridgehead atoms. The second-order valence-corrected chi connectivity index (χ2v) is 4.84. The Balaban J connectivity index is 1.72. The molecule has 0 aliphatic carbocycles. The number of carbonyl (C=O) groups excluding carboxylic acids is 1. The summed E-state index contributed by atoms with van der Waals surface area (Å²) < 4.78 is 4.84. The third kappa shape index (κ3) is 3.54. The number of ether oxygens (including phenoxy) is 1. The van der Waals surface area contributed by atoms with E-state index < -0.39 is 0 Å². The SMILES string of the molecule is CCOC(=O)/C=C/CN1CC2CCCNC2C1. The molecule has 0 amide bonds. The molecule has 0 spiro atoms. The number of likely N-dealkylation sites (tertiary alicyclic amines) is 1. The Bertz CT molecular complexity index is 277. The highest BCUT2D eigenvalue weighted by molar-refractivity contribution is 5.81. The van der Waals surface area contributed by atoms with Crippen LogP contribution in [0.1, 0.15) is 19.8 Å². The molecular formula is C13H22N2O2. The van der Waals surface area contributed by atoms with Crippen molar-refractivity contribution in [3.63, 3.8) is 0 Å². The van der Waals surface area contributed by atoms with E-state index in [-0.39, 0.29) is 5.97 Å². The molecule has 4 heteroatoms. The van der Waals surface area contributed by atoms with Crippen molar-refractivity contribution >= 4 is 5.97 Å². The number of nitrogens with zero attached hydrogens (tertiary/aromatic N) is 1. The van der Waals surface area contributed by atoms with E-state index in [2.05, 4.69) is 10.2 Å². The molecule has 2 aliphatic heterocycles. The highest BCUT2D eigenvalue weighted by Crippen LogP contribution is 2.24. The number of nitrogens with one attached hydrogen (secondary N) is 1. The molecule has 0 radical (unpaired) electrons. The third-order valence-electron chi connectivity index (χ3n) is 3.58. The van der Waals surface area contributed by atoms with Crippen molar-refractivity contribution in [1.82, 2.24) is 10.2 Å². The Morgan fingerprint density at radius 2 is 2.41 bits per heavy atom. The quantitative estimate of drug-likeness (QED) is 0.581. The van der Waals surface area contributed by atoms with Gasteiger partial charge in [0.15, 0.2) is 0 Å². The van der Waals surface area contributed by atoms with Gasteiger partial charge in [-0.1, -0.05) is 6.08 Å². The molecule has 0 saturated carbocycles. The topological polar surface area (TPSA) is 41.6 Å². The number of carbonyl (C=O) groups is 1. The maximum Gasteiger partial charge on any atom is 0.330 e. The van der Waals surface area contributed by atoms with Crippen LogP contribution >= 0.6 is 0 Å². The number of hydrogen-bond donors (Lipinski definition) is 1. The van der Waals surface area contributed by atoms with Gasteiger partial charge >= 0.3 is 5.97 Å². The minimum atomic E-state index is -0.234. The number of esters is 1. The highest BCUT2D eigenvalue weighted by atomic mass is 16.5. The molecule has 2 heterocycles. The zero-order chi connectivity index (χ0) is 12.1. The van der Waals surface area contributed by atoms with Gasteiger partial charge in [0.2, 0.25) is 0 Å². The minimum Gasteiger partial charge on any atom is -0.463 e. The first kappa shape index (κ1) is 12.6. The van der Waals surface area contributed by atoms with Crippen molar-refractivity contribution in [2.24, 2.45) is 5.92 Å². The van der Waals surface area contributed by atoms with Gasteiger partial charge in [-0.15, -0.1) is 0 Å². The molecule has 2 atom stereocenters. The van der Waals surface area contributed by atoms with Crippen LogP contribution in [0.5, 0.6) is 0 Å². The standard InChI is InChI=1S/C13H22N2O2/c1-2-17-13(16)6-4-8-15-9-11-5-3-7-14-12(11)10-15/h4,6,11-12,14H,2-3,5,7-10H2,1H3/b6-4+. The maximum atomic E-state index is 11.1. The molecule has 2 rings (SSSR count). The molecule has 2 fully saturated rings. The number of hydrogen-bond acceptors (Lipinski definition) is 4. The lowest BCUT2D eigenvalue weighted by Crippen LogP contribution is -2.40. The number of fused-ring (bicyclic) bond motifs is 1. The summed E-state index contributed by atoms with van der Waals surface area (Å²) in [5, 5.41) is 3.57. The average molecular weight is 238 g/mol. The van der Waals surface area contributed by atoms with E-state index in [1.807, 2.05) is 13.0 Å². The fraction of sp³-hybridized carbons (Fsp3) is 0.769. The summed E-state index contributed by atoms with van der Waals surface area (Å²) in [7, 11) is 0. The van der Waals surface area contributed by atoms with Crippen molar-refractivity contribution in [2.75, 3.05) is 32.8 Å². The van der Waals surface area contributed by atoms with Gasteiger partial charge in [0, 0.05) is 31.8 Å².